The minimum atomic E-state index is -0.180. The second-order valence-corrected chi connectivity index (χ2v) is 5.06. The van der Waals surface area contributed by atoms with Gasteiger partial charge in [0.2, 0.25) is 0 Å². The van der Waals surface area contributed by atoms with Gasteiger partial charge >= 0.3 is 0 Å². The normalized spacial score (nSPS) is 11.9. The molecule has 0 aliphatic heterocycles. The van der Waals surface area contributed by atoms with Gasteiger partial charge in [0.1, 0.15) is 0 Å². The van der Waals surface area contributed by atoms with E-state index < -0.39 is 0 Å². The van der Waals surface area contributed by atoms with Crippen molar-refractivity contribution in [1.82, 2.24) is 4.98 Å². The molecule has 0 aliphatic rings. The molecule has 1 aromatic carbocycles. The van der Waals surface area contributed by atoms with Crippen LogP contribution in [0.5, 0.6) is 0 Å². The zero-order chi connectivity index (χ0) is 13.8. The van der Waals surface area contributed by atoms with E-state index >= 15 is 0 Å². The van der Waals surface area contributed by atoms with Gasteiger partial charge in [-0.15, -0.1) is 11.6 Å². The molecule has 0 bridgehead atoms. The number of aryl methyl sites for hydroxylation is 1. The third kappa shape index (κ3) is 3.32. The summed E-state index contributed by atoms with van der Waals surface area (Å²) in [4.78, 5) is 16.2. The quantitative estimate of drug-likeness (QED) is 0.862. The molecule has 1 N–H and O–H groups in total. The number of amides is 1. The first-order chi connectivity index (χ1) is 9.08. The Morgan fingerprint density at radius 3 is 2.74 bits per heavy atom. The lowest BCUT2D eigenvalue weighted by atomic mass is 10.1. The Labute approximate surface area is 117 Å². The van der Waals surface area contributed by atoms with Crippen molar-refractivity contribution in [2.75, 3.05) is 5.32 Å². The van der Waals surface area contributed by atoms with E-state index in [1.807, 2.05) is 38.1 Å². The summed E-state index contributed by atoms with van der Waals surface area (Å²) < 4.78 is 0. The maximum absolute atomic E-state index is 12.1. The van der Waals surface area contributed by atoms with E-state index in [0.29, 0.717) is 5.56 Å². The zero-order valence-electron chi connectivity index (χ0n) is 10.9. The SMILES string of the molecule is Cc1cncc(C(=O)Nc2ccccc2C(C)Cl)c1. The summed E-state index contributed by atoms with van der Waals surface area (Å²) in [7, 11) is 0. The number of halogens is 1. The second-order valence-electron chi connectivity index (χ2n) is 4.41. The lowest BCUT2D eigenvalue weighted by Gasteiger charge is -2.12. The molecule has 0 fully saturated rings. The van der Waals surface area contributed by atoms with Crippen molar-refractivity contribution in [3.8, 4) is 0 Å². The largest absolute Gasteiger partial charge is 0.322 e. The van der Waals surface area contributed by atoms with E-state index in [4.69, 9.17) is 11.6 Å². The summed E-state index contributed by atoms with van der Waals surface area (Å²) in [5.74, 6) is -0.180. The van der Waals surface area contributed by atoms with Crippen LogP contribution in [0.1, 0.15) is 33.8 Å². The minimum absolute atomic E-state index is 0.160. The van der Waals surface area contributed by atoms with E-state index in [1.165, 1.54) is 0 Å². The zero-order valence-corrected chi connectivity index (χ0v) is 11.6. The van der Waals surface area contributed by atoms with Gasteiger partial charge in [0.05, 0.1) is 10.9 Å². The van der Waals surface area contributed by atoms with Crippen LogP contribution in [-0.2, 0) is 0 Å². The highest BCUT2D eigenvalue weighted by molar-refractivity contribution is 6.21. The molecule has 0 spiro atoms. The number of alkyl halides is 1. The fourth-order valence-electron chi connectivity index (χ4n) is 1.83. The van der Waals surface area contributed by atoms with Crippen molar-refractivity contribution in [1.29, 1.82) is 0 Å². The van der Waals surface area contributed by atoms with Crippen LogP contribution in [0.2, 0.25) is 0 Å². The molecule has 0 saturated carbocycles. The molecule has 1 unspecified atom stereocenters. The molecular formula is C15H15ClN2O. The van der Waals surface area contributed by atoms with Crippen LogP contribution in [0.15, 0.2) is 42.7 Å². The summed E-state index contributed by atoms with van der Waals surface area (Å²) in [5, 5.41) is 2.71. The summed E-state index contributed by atoms with van der Waals surface area (Å²) >= 11 is 6.10. The van der Waals surface area contributed by atoms with Gasteiger partial charge < -0.3 is 5.32 Å². The van der Waals surface area contributed by atoms with Gasteiger partial charge in [-0.25, -0.2) is 0 Å². The van der Waals surface area contributed by atoms with Crippen molar-refractivity contribution in [3.63, 3.8) is 0 Å². The van der Waals surface area contributed by atoms with Crippen molar-refractivity contribution in [2.45, 2.75) is 19.2 Å². The van der Waals surface area contributed by atoms with Crippen LogP contribution in [0.3, 0.4) is 0 Å². The number of rotatable bonds is 3. The second kappa shape index (κ2) is 5.85. The van der Waals surface area contributed by atoms with Gasteiger partial charge in [-0.3, -0.25) is 9.78 Å². The lowest BCUT2D eigenvalue weighted by Crippen LogP contribution is -2.13. The van der Waals surface area contributed by atoms with Crippen molar-refractivity contribution >= 4 is 23.2 Å². The maximum atomic E-state index is 12.1. The van der Waals surface area contributed by atoms with Gasteiger partial charge in [0, 0.05) is 18.1 Å². The topological polar surface area (TPSA) is 42.0 Å². The Kier molecular flexibility index (Phi) is 4.17. The Morgan fingerprint density at radius 2 is 2.05 bits per heavy atom. The number of nitrogens with one attached hydrogen (secondary N) is 1. The third-order valence-corrected chi connectivity index (χ3v) is 3.01. The van der Waals surface area contributed by atoms with Crippen LogP contribution in [-0.4, -0.2) is 10.9 Å². The fraction of sp³-hybridized carbons (Fsp3) is 0.200. The van der Waals surface area contributed by atoms with E-state index in [2.05, 4.69) is 10.3 Å². The van der Waals surface area contributed by atoms with Crippen LogP contribution in [0.25, 0.3) is 0 Å². The smallest absolute Gasteiger partial charge is 0.257 e. The Hall–Kier alpha value is -1.87. The summed E-state index contributed by atoms with van der Waals surface area (Å²) in [5.41, 5.74) is 3.12. The summed E-state index contributed by atoms with van der Waals surface area (Å²) in [6.45, 7) is 3.78. The number of para-hydroxylation sites is 1. The monoisotopic (exact) mass is 274 g/mol. The van der Waals surface area contributed by atoms with Crippen molar-refractivity contribution in [2.24, 2.45) is 0 Å². The third-order valence-electron chi connectivity index (χ3n) is 2.77. The standard InChI is InChI=1S/C15H15ClN2O/c1-10-7-12(9-17-8-10)15(19)18-14-6-4-3-5-13(14)11(2)16/h3-9,11H,1-2H3,(H,18,19). The Morgan fingerprint density at radius 1 is 1.32 bits per heavy atom. The van der Waals surface area contributed by atoms with Crippen LogP contribution in [0, 0.1) is 6.92 Å². The fourth-order valence-corrected chi connectivity index (χ4v) is 2.02. The number of carbonyl (C=O) groups is 1. The number of carbonyl (C=O) groups excluding carboxylic acids is 1. The summed E-state index contributed by atoms with van der Waals surface area (Å²) in [6, 6.07) is 9.32. The lowest BCUT2D eigenvalue weighted by molar-refractivity contribution is 0.102. The number of pyridine rings is 1. The molecule has 1 aromatic heterocycles. The van der Waals surface area contributed by atoms with Crippen LogP contribution >= 0.6 is 11.6 Å². The molecule has 1 heterocycles. The highest BCUT2D eigenvalue weighted by Crippen LogP contribution is 2.27. The molecule has 0 saturated heterocycles. The number of hydrogen-bond donors (Lipinski definition) is 1. The predicted molar refractivity (Wildman–Crippen MR) is 77.6 cm³/mol. The first kappa shape index (κ1) is 13.6. The Balaban J connectivity index is 2.24. The molecule has 1 amide bonds. The molecule has 0 radical (unpaired) electrons. The van der Waals surface area contributed by atoms with Gasteiger partial charge in [-0.05, 0) is 37.1 Å². The molecule has 0 aliphatic carbocycles. The summed E-state index contributed by atoms with van der Waals surface area (Å²) in [6.07, 6.45) is 3.26. The molecule has 3 nitrogen and oxygen atoms in total. The molecular weight excluding hydrogens is 260 g/mol. The molecule has 19 heavy (non-hydrogen) atoms. The van der Waals surface area contributed by atoms with Gasteiger partial charge in [-0.2, -0.15) is 0 Å². The molecule has 1 atom stereocenters. The molecule has 4 heteroatoms. The average molecular weight is 275 g/mol. The maximum Gasteiger partial charge on any atom is 0.257 e. The van der Waals surface area contributed by atoms with E-state index in [1.54, 1.807) is 18.5 Å². The van der Waals surface area contributed by atoms with E-state index in [-0.39, 0.29) is 11.3 Å². The molecule has 98 valence electrons. The average Bonchev–Trinajstić information content (AvgIpc) is 2.39. The minimum Gasteiger partial charge on any atom is -0.322 e. The predicted octanol–water partition coefficient (Wildman–Crippen LogP) is 3.94. The van der Waals surface area contributed by atoms with Gasteiger partial charge in [-0.1, -0.05) is 18.2 Å². The van der Waals surface area contributed by atoms with Gasteiger partial charge in [0.15, 0.2) is 0 Å². The van der Waals surface area contributed by atoms with Gasteiger partial charge in [0.25, 0.3) is 5.91 Å². The number of aromatic nitrogens is 1. The highest BCUT2D eigenvalue weighted by atomic mass is 35.5. The molecule has 2 rings (SSSR count). The van der Waals surface area contributed by atoms with Crippen LogP contribution in [0.4, 0.5) is 5.69 Å². The van der Waals surface area contributed by atoms with E-state index in [9.17, 15) is 4.79 Å². The van der Waals surface area contributed by atoms with Crippen molar-refractivity contribution in [3.05, 3.63) is 59.4 Å². The highest BCUT2D eigenvalue weighted by Gasteiger charge is 2.11. The molecule has 2 aromatic rings. The Bertz CT molecular complexity index is 596. The van der Waals surface area contributed by atoms with Crippen molar-refractivity contribution < 1.29 is 4.79 Å². The van der Waals surface area contributed by atoms with Crippen LogP contribution < -0.4 is 5.32 Å². The first-order valence-corrected chi connectivity index (χ1v) is 6.47. The number of anilines is 1. The first-order valence-electron chi connectivity index (χ1n) is 6.04. The number of hydrogen-bond acceptors (Lipinski definition) is 2. The van der Waals surface area contributed by atoms with E-state index in [0.717, 1.165) is 16.8 Å². The number of nitrogens with zero attached hydrogens (tertiary/aromatic N) is 1. The number of benzene rings is 1.